The van der Waals surface area contributed by atoms with Crippen LogP contribution < -0.4 is 10.6 Å². The Morgan fingerprint density at radius 2 is 1.78 bits per heavy atom. The number of anilines is 2. The number of nitrogens with one attached hydrogen (secondary N) is 2. The quantitative estimate of drug-likeness (QED) is 0.488. The summed E-state index contributed by atoms with van der Waals surface area (Å²) in [5.41, 5.74) is 3.67. The highest BCUT2D eigenvalue weighted by Crippen LogP contribution is 2.23. The fourth-order valence-corrected chi connectivity index (χ4v) is 3.12. The molecule has 0 atom stereocenters. The van der Waals surface area contributed by atoms with Crippen molar-refractivity contribution in [2.75, 3.05) is 5.32 Å². The lowest BCUT2D eigenvalue weighted by Crippen LogP contribution is -2.32. The van der Waals surface area contributed by atoms with Crippen LogP contribution in [0.3, 0.4) is 0 Å². The predicted molar refractivity (Wildman–Crippen MR) is 122 cm³/mol. The normalized spacial score (nSPS) is 11.4. The minimum Gasteiger partial charge on any atom is -0.444 e. The van der Waals surface area contributed by atoms with E-state index in [-0.39, 0.29) is 0 Å². The van der Waals surface area contributed by atoms with Crippen molar-refractivity contribution in [3.63, 3.8) is 0 Å². The molecule has 32 heavy (non-hydrogen) atoms. The smallest absolute Gasteiger partial charge is 0.407 e. The van der Waals surface area contributed by atoms with Gasteiger partial charge in [-0.15, -0.1) is 0 Å². The highest BCUT2D eigenvalue weighted by molar-refractivity contribution is 5.77. The van der Waals surface area contributed by atoms with E-state index < -0.39 is 11.7 Å². The van der Waals surface area contributed by atoms with Crippen LogP contribution in [0.2, 0.25) is 0 Å². The zero-order valence-electron chi connectivity index (χ0n) is 18.5. The Kier molecular flexibility index (Phi) is 5.72. The summed E-state index contributed by atoms with van der Waals surface area (Å²) in [6.07, 6.45) is 4.73. The Labute approximate surface area is 185 Å². The van der Waals surface area contributed by atoms with E-state index in [0.717, 1.165) is 28.3 Å². The average Bonchev–Trinajstić information content (AvgIpc) is 3.09. The number of fused-ring (bicyclic) bond motifs is 1. The van der Waals surface area contributed by atoms with Crippen molar-refractivity contribution in [3.05, 3.63) is 60.6 Å². The molecule has 0 aliphatic rings. The molecule has 0 aliphatic carbocycles. The lowest BCUT2D eigenvalue weighted by Gasteiger charge is -2.19. The monoisotopic (exact) mass is 431 g/mol. The standard InChI is InChI=1S/C23H25N7O2/c1-23(2,3)32-22(31)26-13-15-5-7-17(8-6-15)27-21-25-14-18-20(29-21)30(4)19(28-18)16-9-11-24-12-10-16/h5-12,14H,13H2,1-4H3,(H,26,31)(H,25,27,29). The number of hydrogen-bond donors (Lipinski definition) is 2. The van der Waals surface area contributed by atoms with Gasteiger partial charge in [0.25, 0.3) is 0 Å². The van der Waals surface area contributed by atoms with E-state index in [9.17, 15) is 4.79 Å². The Balaban J connectivity index is 1.44. The molecule has 0 saturated heterocycles. The third-order valence-corrected chi connectivity index (χ3v) is 4.60. The maximum atomic E-state index is 11.8. The van der Waals surface area contributed by atoms with Gasteiger partial charge in [0.1, 0.15) is 16.9 Å². The van der Waals surface area contributed by atoms with Crippen molar-refractivity contribution in [2.24, 2.45) is 7.05 Å². The van der Waals surface area contributed by atoms with Gasteiger partial charge in [0.05, 0.1) is 6.20 Å². The van der Waals surface area contributed by atoms with Crippen molar-refractivity contribution in [1.29, 1.82) is 0 Å². The first-order valence-electron chi connectivity index (χ1n) is 10.2. The van der Waals surface area contributed by atoms with Crippen LogP contribution >= 0.6 is 0 Å². The minimum atomic E-state index is -0.522. The molecule has 9 nitrogen and oxygen atoms in total. The van der Waals surface area contributed by atoms with E-state index in [0.29, 0.717) is 18.0 Å². The third-order valence-electron chi connectivity index (χ3n) is 4.60. The Morgan fingerprint density at radius 3 is 2.47 bits per heavy atom. The highest BCUT2D eigenvalue weighted by Gasteiger charge is 2.16. The molecule has 0 saturated carbocycles. The molecule has 0 radical (unpaired) electrons. The molecule has 4 aromatic rings. The van der Waals surface area contributed by atoms with E-state index in [4.69, 9.17) is 4.74 Å². The van der Waals surface area contributed by atoms with Crippen molar-refractivity contribution >= 4 is 28.9 Å². The van der Waals surface area contributed by atoms with Gasteiger partial charge >= 0.3 is 6.09 Å². The van der Waals surface area contributed by atoms with E-state index in [1.807, 2.05) is 68.8 Å². The first-order valence-corrected chi connectivity index (χ1v) is 10.2. The number of ether oxygens (including phenoxy) is 1. The maximum Gasteiger partial charge on any atom is 0.407 e. The summed E-state index contributed by atoms with van der Waals surface area (Å²) < 4.78 is 7.18. The minimum absolute atomic E-state index is 0.379. The van der Waals surface area contributed by atoms with Gasteiger partial charge in [0.15, 0.2) is 5.65 Å². The van der Waals surface area contributed by atoms with E-state index in [1.54, 1.807) is 18.6 Å². The topological polar surface area (TPSA) is 107 Å². The van der Waals surface area contributed by atoms with Gasteiger partial charge < -0.3 is 19.9 Å². The number of hydrogen-bond acceptors (Lipinski definition) is 7. The van der Waals surface area contributed by atoms with Crippen LogP contribution in [0.5, 0.6) is 0 Å². The van der Waals surface area contributed by atoms with Gasteiger partial charge in [-0.05, 0) is 50.6 Å². The fraction of sp³-hybridized carbons (Fsp3) is 0.261. The molecule has 2 N–H and O–H groups in total. The molecule has 1 aromatic carbocycles. The maximum absolute atomic E-state index is 11.8. The van der Waals surface area contributed by atoms with Crippen LogP contribution in [0.25, 0.3) is 22.6 Å². The third kappa shape index (κ3) is 5.00. The van der Waals surface area contributed by atoms with Crippen LogP contribution in [-0.2, 0) is 18.3 Å². The first kappa shape index (κ1) is 21.2. The van der Waals surface area contributed by atoms with Gasteiger partial charge in [-0.3, -0.25) is 4.98 Å². The van der Waals surface area contributed by atoms with Crippen molar-refractivity contribution in [3.8, 4) is 11.4 Å². The number of imidazole rings is 1. The Hall–Kier alpha value is -4.01. The van der Waals surface area contributed by atoms with Crippen LogP contribution in [-0.4, -0.2) is 36.2 Å². The molecule has 3 heterocycles. The van der Waals surface area contributed by atoms with Gasteiger partial charge in [-0.25, -0.2) is 14.8 Å². The molecular formula is C23H25N7O2. The van der Waals surface area contributed by atoms with E-state index >= 15 is 0 Å². The molecule has 3 aromatic heterocycles. The first-order chi connectivity index (χ1) is 15.3. The van der Waals surface area contributed by atoms with Crippen LogP contribution in [0.15, 0.2) is 55.0 Å². The van der Waals surface area contributed by atoms with Gasteiger partial charge in [-0.2, -0.15) is 4.98 Å². The molecular weight excluding hydrogens is 406 g/mol. The number of aryl methyl sites for hydroxylation is 1. The van der Waals surface area contributed by atoms with Gasteiger partial charge in [0, 0.05) is 37.2 Å². The molecule has 4 rings (SSSR count). The summed E-state index contributed by atoms with van der Waals surface area (Å²) in [5, 5.41) is 5.96. The summed E-state index contributed by atoms with van der Waals surface area (Å²) in [5.74, 6) is 1.28. The molecule has 0 spiro atoms. The number of rotatable bonds is 5. The molecule has 0 unspecified atom stereocenters. The second-order valence-corrected chi connectivity index (χ2v) is 8.31. The van der Waals surface area contributed by atoms with E-state index in [1.165, 1.54) is 0 Å². The molecule has 0 fully saturated rings. The molecule has 164 valence electrons. The number of benzene rings is 1. The fourth-order valence-electron chi connectivity index (χ4n) is 3.12. The predicted octanol–water partition coefficient (Wildman–Crippen LogP) is 4.19. The number of nitrogens with zero attached hydrogens (tertiary/aromatic N) is 5. The number of pyridine rings is 1. The molecule has 0 aliphatic heterocycles. The number of aromatic nitrogens is 5. The summed E-state index contributed by atoms with van der Waals surface area (Å²) in [6.45, 7) is 5.87. The lowest BCUT2D eigenvalue weighted by atomic mass is 10.2. The van der Waals surface area contributed by atoms with Crippen molar-refractivity contribution in [2.45, 2.75) is 32.9 Å². The molecule has 1 amide bonds. The largest absolute Gasteiger partial charge is 0.444 e. The number of amides is 1. The zero-order valence-corrected chi connectivity index (χ0v) is 18.5. The summed E-state index contributed by atoms with van der Waals surface area (Å²) in [7, 11) is 1.92. The van der Waals surface area contributed by atoms with Crippen molar-refractivity contribution < 1.29 is 9.53 Å². The Bertz CT molecular complexity index is 1230. The Morgan fingerprint density at radius 1 is 1.06 bits per heavy atom. The number of alkyl carbamates (subject to hydrolysis) is 1. The second-order valence-electron chi connectivity index (χ2n) is 8.31. The van der Waals surface area contributed by atoms with Crippen molar-refractivity contribution in [1.82, 2.24) is 29.8 Å². The summed E-state index contributed by atoms with van der Waals surface area (Å²) in [6, 6.07) is 11.5. The SMILES string of the molecule is Cn1c(-c2ccncc2)nc2cnc(Nc3ccc(CNC(=O)OC(C)(C)C)cc3)nc21. The lowest BCUT2D eigenvalue weighted by molar-refractivity contribution is 0.0523. The molecule has 9 heteroatoms. The van der Waals surface area contributed by atoms with Gasteiger partial charge in [0.2, 0.25) is 5.95 Å². The van der Waals surface area contributed by atoms with Crippen LogP contribution in [0.1, 0.15) is 26.3 Å². The van der Waals surface area contributed by atoms with Crippen LogP contribution in [0, 0.1) is 0 Å². The van der Waals surface area contributed by atoms with E-state index in [2.05, 4.69) is 30.6 Å². The summed E-state index contributed by atoms with van der Waals surface area (Å²) >= 11 is 0. The van der Waals surface area contributed by atoms with Crippen LogP contribution in [0.4, 0.5) is 16.4 Å². The number of carbonyl (C=O) groups excluding carboxylic acids is 1. The second kappa shape index (κ2) is 8.62. The zero-order chi connectivity index (χ0) is 22.7. The molecule has 0 bridgehead atoms. The summed E-state index contributed by atoms with van der Waals surface area (Å²) in [4.78, 5) is 29.5. The van der Waals surface area contributed by atoms with Gasteiger partial charge in [-0.1, -0.05) is 12.1 Å². The number of carbonyl (C=O) groups is 1. The highest BCUT2D eigenvalue weighted by atomic mass is 16.6. The average molecular weight is 432 g/mol.